The fraction of sp³-hybridized carbons (Fsp3) is 0.0833. The third-order valence-electron chi connectivity index (χ3n) is 5.14. The molecule has 0 saturated carbocycles. The van der Waals surface area contributed by atoms with E-state index in [1.165, 1.54) is 28.8 Å². The van der Waals surface area contributed by atoms with E-state index in [0.29, 0.717) is 42.9 Å². The van der Waals surface area contributed by atoms with Crippen LogP contribution in [0.25, 0.3) is 16.0 Å². The summed E-state index contributed by atoms with van der Waals surface area (Å²) in [6.45, 7) is 0.312. The van der Waals surface area contributed by atoms with Gasteiger partial charge in [0.2, 0.25) is 0 Å². The van der Waals surface area contributed by atoms with E-state index in [1.807, 2.05) is 6.07 Å². The number of carbonyl (C=O) groups is 1. The predicted octanol–water partition coefficient (Wildman–Crippen LogP) is 6.39. The number of ketones is 1. The molecule has 0 radical (unpaired) electrons. The van der Waals surface area contributed by atoms with Crippen LogP contribution >= 0.6 is 46.9 Å². The van der Waals surface area contributed by atoms with Gasteiger partial charge in [0.15, 0.2) is 20.5 Å². The van der Waals surface area contributed by atoms with Crippen LogP contribution < -0.4 is 5.56 Å². The number of rotatable bonds is 7. The predicted molar refractivity (Wildman–Crippen MR) is 138 cm³/mol. The molecule has 0 aliphatic rings. The van der Waals surface area contributed by atoms with E-state index in [9.17, 15) is 14.0 Å². The highest BCUT2D eigenvalue weighted by molar-refractivity contribution is 7.99. The van der Waals surface area contributed by atoms with Gasteiger partial charge in [0.05, 0.1) is 24.2 Å². The molecule has 0 aliphatic heterocycles. The maximum atomic E-state index is 13.6. The number of thiazole rings is 1. The number of carbonyl (C=O) groups excluding carboxylic acids is 1. The minimum atomic E-state index is -0.428. The minimum Gasteiger partial charge on any atom is -0.467 e. The molecule has 0 bridgehead atoms. The number of fused-ring (bicyclic) bond motifs is 1. The van der Waals surface area contributed by atoms with Crippen LogP contribution in [0.3, 0.4) is 0 Å². The van der Waals surface area contributed by atoms with Crippen molar-refractivity contribution in [1.82, 2.24) is 14.1 Å². The van der Waals surface area contributed by atoms with Crippen LogP contribution in [0, 0.1) is 9.77 Å². The van der Waals surface area contributed by atoms with Gasteiger partial charge in [0.25, 0.3) is 5.56 Å². The minimum absolute atomic E-state index is 0.0316. The molecule has 0 fully saturated rings. The topological polar surface area (TPSA) is 70.0 Å². The van der Waals surface area contributed by atoms with Crippen LogP contribution in [-0.2, 0) is 6.54 Å². The van der Waals surface area contributed by atoms with E-state index >= 15 is 0 Å². The summed E-state index contributed by atoms with van der Waals surface area (Å²) >= 11 is 13.7. The quantitative estimate of drug-likeness (QED) is 0.103. The summed E-state index contributed by atoms with van der Waals surface area (Å²) in [7, 11) is 0. The van der Waals surface area contributed by atoms with Crippen molar-refractivity contribution in [2.75, 3.05) is 5.75 Å². The maximum Gasteiger partial charge on any atom is 0.278 e. The second-order valence-corrected chi connectivity index (χ2v) is 10.4. The number of aromatic nitrogens is 3. The Hall–Kier alpha value is -3.05. The van der Waals surface area contributed by atoms with E-state index in [-0.39, 0.29) is 22.3 Å². The first-order valence-electron chi connectivity index (χ1n) is 10.3. The molecule has 0 saturated heterocycles. The first kappa shape index (κ1) is 23.7. The first-order valence-corrected chi connectivity index (χ1v) is 12.9. The van der Waals surface area contributed by atoms with Gasteiger partial charge in [0.1, 0.15) is 16.3 Å². The molecule has 0 N–H and O–H groups in total. The van der Waals surface area contributed by atoms with Gasteiger partial charge in [-0.3, -0.25) is 18.7 Å². The number of Topliss-reactive ketones (excluding diaryl/α,β-unsaturated/α-hetero) is 1. The van der Waals surface area contributed by atoms with Crippen LogP contribution in [0.5, 0.6) is 0 Å². The van der Waals surface area contributed by atoms with Gasteiger partial charge in [0, 0.05) is 10.6 Å². The van der Waals surface area contributed by atoms with Crippen molar-refractivity contribution in [2.45, 2.75) is 11.7 Å². The Morgan fingerprint density at radius 3 is 2.57 bits per heavy atom. The van der Waals surface area contributed by atoms with Gasteiger partial charge >= 0.3 is 0 Å². The molecule has 11 heteroatoms. The number of furan rings is 1. The average molecular weight is 544 g/mol. The zero-order valence-electron chi connectivity index (χ0n) is 17.8. The average Bonchev–Trinajstić information content (AvgIpc) is 3.47. The van der Waals surface area contributed by atoms with Crippen molar-refractivity contribution in [2.24, 2.45) is 0 Å². The molecule has 6 nitrogen and oxygen atoms in total. The third-order valence-corrected chi connectivity index (χ3v) is 7.75. The Morgan fingerprint density at radius 2 is 1.89 bits per heavy atom. The maximum absolute atomic E-state index is 13.6. The number of hydrogen-bond acceptors (Lipinski definition) is 7. The third kappa shape index (κ3) is 4.87. The fourth-order valence-corrected chi connectivity index (χ4v) is 5.72. The zero-order chi connectivity index (χ0) is 24.5. The molecule has 3 heterocycles. The van der Waals surface area contributed by atoms with Crippen LogP contribution in [-0.4, -0.2) is 25.7 Å². The van der Waals surface area contributed by atoms with Crippen LogP contribution in [0.1, 0.15) is 16.1 Å². The molecule has 35 heavy (non-hydrogen) atoms. The molecular weight excluding hydrogens is 529 g/mol. The van der Waals surface area contributed by atoms with Gasteiger partial charge in [-0.25, -0.2) is 9.37 Å². The van der Waals surface area contributed by atoms with E-state index < -0.39 is 5.82 Å². The summed E-state index contributed by atoms with van der Waals surface area (Å²) in [5.41, 5.74) is 0.984. The SMILES string of the molecule is O=C(CSc1nc2c(sc(=S)n2Cc2ccco2)c(=O)n1-c1ccc(F)cc1)c1ccc(Cl)cc1. The van der Waals surface area contributed by atoms with Crippen molar-refractivity contribution in [3.8, 4) is 5.69 Å². The number of thioether (sulfide) groups is 1. The molecule has 0 unspecified atom stereocenters. The molecule has 2 aromatic carbocycles. The molecular formula is C24H15ClFN3O3S3. The van der Waals surface area contributed by atoms with Gasteiger partial charge in [-0.1, -0.05) is 34.7 Å². The smallest absolute Gasteiger partial charge is 0.278 e. The second kappa shape index (κ2) is 9.90. The Labute approximate surface area is 216 Å². The lowest BCUT2D eigenvalue weighted by molar-refractivity contribution is 0.102. The summed E-state index contributed by atoms with van der Waals surface area (Å²) in [6.07, 6.45) is 1.56. The lowest BCUT2D eigenvalue weighted by Gasteiger charge is -2.12. The highest BCUT2D eigenvalue weighted by Gasteiger charge is 2.20. The highest BCUT2D eigenvalue weighted by Crippen LogP contribution is 2.26. The number of benzene rings is 2. The molecule has 0 atom stereocenters. The van der Waals surface area contributed by atoms with Crippen LogP contribution in [0.2, 0.25) is 5.02 Å². The van der Waals surface area contributed by atoms with Crippen molar-refractivity contribution >= 4 is 63.0 Å². The first-order chi connectivity index (χ1) is 16.9. The lowest BCUT2D eigenvalue weighted by Crippen LogP contribution is -2.22. The number of halogens is 2. The number of hydrogen-bond donors (Lipinski definition) is 0. The van der Waals surface area contributed by atoms with Crippen LogP contribution in [0.4, 0.5) is 4.39 Å². The summed E-state index contributed by atoms with van der Waals surface area (Å²) in [4.78, 5) is 31.1. The lowest BCUT2D eigenvalue weighted by atomic mass is 10.1. The fourth-order valence-electron chi connectivity index (χ4n) is 3.44. The summed E-state index contributed by atoms with van der Waals surface area (Å²) in [5.74, 6) is 0.120. The summed E-state index contributed by atoms with van der Waals surface area (Å²) in [6, 6.07) is 15.7. The number of nitrogens with zero attached hydrogens (tertiary/aromatic N) is 3. The monoisotopic (exact) mass is 543 g/mol. The standard InChI is InChI=1S/C24H15ClFN3O3S3/c25-15-5-3-14(4-6-15)19(30)13-34-23-27-21-20(22(31)29(23)17-9-7-16(26)8-10-17)35-24(33)28(21)12-18-2-1-11-32-18/h1-11H,12-13H2. The Kier molecular flexibility index (Phi) is 6.70. The molecule has 3 aromatic heterocycles. The highest BCUT2D eigenvalue weighted by atomic mass is 35.5. The van der Waals surface area contributed by atoms with Gasteiger partial charge in [-0.05, 0) is 72.9 Å². The van der Waals surface area contributed by atoms with E-state index in [2.05, 4.69) is 0 Å². The molecule has 5 rings (SSSR count). The molecule has 176 valence electrons. The Morgan fingerprint density at radius 1 is 1.14 bits per heavy atom. The van der Waals surface area contributed by atoms with Crippen molar-refractivity contribution < 1.29 is 13.6 Å². The molecule has 0 amide bonds. The summed E-state index contributed by atoms with van der Waals surface area (Å²) < 4.78 is 23.0. The second-order valence-electron chi connectivity index (χ2n) is 7.42. The summed E-state index contributed by atoms with van der Waals surface area (Å²) in [5, 5.41) is 0.821. The van der Waals surface area contributed by atoms with Crippen molar-refractivity contribution in [1.29, 1.82) is 0 Å². The van der Waals surface area contributed by atoms with E-state index in [4.69, 9.17) is 33.2 Å². The zero-order valence-corrected chi connectivity index (χ0v) is 21.0. The molecule has 0 aliphatic carbocycles. The van der Waals surface area contributed by atoms with Gasteiger partial charge in [-0.15, -0.1) is 0 Å². The van der Waals surface area contributed by atoms with Crippen molar-refractivity contribution in [3.05, 3.63) is 103 Å². The molecule has 5 aromatic rings. The van der Waals surface area contributed by atoms with E-state index in [0.717, 1.165) is 23.1 Å². The van der Waals surface area contributed by atoms with Gasteiger partial charge in [-0.2, -0.15) is 0 Å². The Balaban J connectivity index is 1.61. The normalized spacial score (nSPS) is 11.3. The van der Waals surface area contributed by atoms with Gasteiger partial charge < -0.3 is 4.42 Å². The van der Waals surface area contributed by atoms with Crippen molar-refractivity contribution in [3.63, 3.8) is 0 Å². The van der Waals surface area contributed by atoms with E-state index in [1.54, 1.807) is 41.2 Å². The van der Waals surface area contributed by atoms with Crippen LogP contribution in [0.15, 0.2) is 81.3 Å². The Bertz CT molecular complexity index is 1640. The molecule has 0 spiro atoms. The largest absolute Gasteiger partial charge is 0.467 e.